The number of pyridine rings is 1. The molecule has 0 amide bonds. The van der Waals surface area contributed by atoms with Gasteiger partial charge in [0.05, 0.1) is 13.2 Å². The molecule has 150 valence electrons. The van der Waals surface area contributed by atoms with Gasteiger partial charge in [-0.2, -0.15) is 0 Å². The first-order valence-corrected chi connectivity index (χ1v) is 10.3. The van der Waals surface area contributed by atoms with Crippen molar-refractivity contribution in [1.29, 1.82) is 0 Å². The molecule has 0 bridgehead atoms. The van der Waals surface area contributed by atoms with Crippen molar-refractivity contribution in [1.82, 2.24) is 4.98 Å². The maximum atomic E-state index is 6.34. The Morgan fingerprint density at radius 3 is 2.31 bits per heavy atom. The fraction of sp³-hybridized carbons (Fsp3) is 0.320. The Morgan fingerprint density at radius 2 is 1.62 bits per heavy atom. The number of hydrogen-bond acceptors (Lipinski definition) is 4. The number of nitrogen functional groups attached to an aromatic ring is 1. The van der Waals surface area contributed by atoms with Crippen LogP contribution in [0.25, 0.3) is 0 Å². The number of nitrogens with zero attached hydrogens (tertiary/aromatic N) is 1. The number of nitrogens with two attached hydrogens (primary N) is 1. The summed E-state index contributed by atoms with van der Waals surface area (Å²) in [5.74, 6) is 1.82. The third-order valence-corrected chi connectivity index (χ3v) is 5.71. The van der Waals surface area contributed by atoms with Gasteiger partial charge in [-0.3, -0.25) is 4.98 Å². The first-order chi connectivity index (χ1) is 14.2. The second kappa shape index (κ2) is 8.99. The third kappa shape index (κ3) is 4.70. The van der Waals surface area contributed by atoms with E-state index in [2.05, 4.69) is 41.4 Å². The van der Waals surface area contributed by atoms with Crippen LogP contribution >= 0.6 is 0 Å². The Morgan fingerprint density at radius 1 is 0.931 bits per heavy atom. The van der Waals surface area contributed by atoms with Crippen molar-refractivity contribution in [2.24, 2.45) is 0 Å². The van der Waals surface area contributed by atoms with Crippen LogP contribution in [0.4, 0.5) is 5.69 Å². The molecule has 1 aromatic heterocycles. The summed E-state index contributed by atoms with van der Waals surface area (Å²) in [5.41, 5.74) is 10.4. The lowest BCUT2D eigenvalue weighted by molar-refractivity contribution is 0.200. The van der Waals surface area contributed by atoms with Gasteiger partial charge in [-0.15, -0.1) is 0 Å². The van der Waals surface area contributed by atoms with Crippen molar-refractivity contribution in [3.8, 4) is 11.5 Å². The molecular weight excluding hydrogens is 360 g/mol. The number of hydrogen-bond donors (Lipinski definition) is 1. The first kappa shape index (κ1) is 19.3. The smallest absolute Gasteiger partial charge is 0.161 e. The van der Waals surface area contributed by atoms with E-state index in [9.17, 15) is 0 Å². The van der Waals surface area contributed by atoms with Crippen molar-refractivity contribution in [3.63, 3.8) is 0 Å². The molecule has 4 heteroatoms. The second-order valence-corrected chi connectivity index (χ2v) is 7.71. The zero-order valence-electron chi connectivity index (χ0n) is 16.9. The number of methoxy groups -OCH3 is 1. The van der Waals surface area contributed by atoms with Crippen LogP contribution in [0.1, 0.15) is 48.3 Å². The minimum absolute atomic E-state index is 0.190. The van der Waals surface area contributed by atoms with Gasteiger partial charge in [-0.1, -0.05) is 18.2 Å². The van der Waals surface area contributed by atoms with Gasteiger partial charge in [-0.05, 0) is 85.2 Å². The molecule has 0 aliphatic heterocycles. The molecule has 1 aliphatic rings. The van der Waals surface area contributed by atoms with Gasteiger partial charge in [-0.25, -0.2) is 0 Å². The standard InChI is InChI=1S/C25H28N2O2/c1-28-24-11-8-20(17-25(24)29-22-4-2-3-5-22)23(16-18-12-14-27-15-13-18)19-6-9-21(26)10-7-19/h6-15,17,22-23H,2-5,16,26H2,1H3. The normalized spacial score (nSPS) is 15.2. The predicted octanol–water partition coefficient (Wildman–Crippen LogP) is 5.37. The lowest BCUT2D eigenvalue weighted by atomic mass is 9.86. The molecule has 0 radical (unpaired) electrons. The summed E-state index contributed by atoms with van der Waals surface area (Å²) in [6.45, 7) is 0. The maximum Gasteiger partial charge on any atom is 0.161 e. The summed E-state index contributed by atoms with van der Waals surface area (Å²) >= 11 is 0. The average Bonchev–Trinajstić information content (AvgIpc) is 3.27. The number of ether oxygens (including phenoxy) is 2. The molecule has 0 saturated heterocycles. The molecule has 1 fully saturated rings. The summed E-state index contributed by atoms with van der Waals surface area (Å²) < 4.78 is 11.9. The first-order valence-electron chi connectivity index (χ1n) is 10.3. The van der Waals surface area contributed by atoms with Crippen LogP contribution in [-0.4, -0.2) is 18.2 Å². The number of aromatic nitrogens is 1. The van der Waals surface area contributed by atoms with E-state index in [4.69, 9.17) is 15.2 Å². The molecule has 1 unspecified atom stereocenters. The monoisotopic (exact) mass is 388 g/mol. The van der Waals surface area contributed by atoms with Crippen LogP contribution in [0, 0.1) is 0 Å². The third-order valence-electron chi connectivity index (χ3n) is 5.71. The Labute approximate surface area is 172 Å². The van der Waals surface area contributed by atoms with Crippen LogP contribution < -0.4 is 15.2 Å². The molecular formula is C25H28N2O2. The van der Waals surface area contributed by atoms with Gasteiger partial charge >= 0.3 is 0 Å². The molecule has 4 rings (SSSR count). The maximum absolute atomic E-state index is 6.34. The van der Waals surface area contributed by atoms with E-state index in [-0.39, 0.29) is 12.0 Å². The zero-order valence-corrected chi connectivity index (χ0v) is 16.9. The molecule has 1 aliphatic carbocycles. The van der Waals surface area contributed by atoms with Crippen molar-refractivity contribution >= 4 is 5.69 Å². The van der Waals surface area contributed by atoms with Gasteiger partial charge in [0.1, 0.15) is 0 Å². The highest BCUT2D eigenvalue weighted by Gasteiger charge is 2.21. The van der Waals surface area contributed by atoms with Crippen LogP contribution in [-0.2, 0) is 6.42 Å². The van der Waals surface area contributed by atoms with E-state index in [0.29, 0.717) is 0 Å². The second-order valence-electron chi connectivity index (χ2n) is 7.71. The molecule has 3 aromatic rings. The van der Waals surface area contributed by atoms with Gasteiger partial charge in [0, 0.05) is 24.0 Å². The highest BCUT2D eigenvalue weighted by molar-refractivity contribution is 5.48. The lowest BCUT2D eigenvalue weighted by Crippen LogP contribution is -2.12. The molecule has 4 nitrogen and oxygen atoms in total. The Balaban J connectivity index is 1.69. The van der Waals surface area contributed by atoms with Crippen LogP contribution in [0.2, 0.25) is 0 Å². The Kier molecular flexibility index (Phi) is 5.99. The van der Waals surface area contributed by atoms with Crippen LogP contribution in [0.15, 0.2) is 67.0 Å². The highest BCUT2D eigenvalue weighted by atomic mass is 16.5. The molecule has 0 spiro atoms. The molecule has 29 heavy (non-hydrogen) atoms. The quantitative estimate of drug-likeness (QED) is 0.553. The minimum atomic E-state index is 0.190. The summed E-state index contributed by atoms with van der Waals surface area (Å²) in [6, 6.07) is 18.6. The van der Waals surface area contributed by atoms with Crippen molar-refractivity contribution in [2.75, 3.05) is 12.8 Å². The van der Waals surface area contributed by atoms with Gasteiger partial charge in [0.15, 0.2) is 11.5 Å². The SMILES string of the molecule is COc1ccc(C(Cc2ccncc2)c2ccc(N)cc2)cc1OC1CCCC1. The molecule has 1 atom stereocenters. The topological polar surface area (TPSA) is 57.4 Å². The Hall–Kier alpha value is -3.01. The van der Waals surface area contributed by atoms with Crippen molar-refractivity contribution < 1.29 is 9.47 Å². The molecule has 1 heterocycles. The van der Waals surface area contributed by atoms with Crippen LogP contribution in [0.5, 0.6) is 11.5 Å². The van der Waals surface area contributed by atoms with Gasteiger partial charge < -0.3 is 15.2 Å². The Bertz CT molecular complexity index is 919. The fourth-order valence-electron chi connectivity index (χ4n) is 4.10. The van der Waals surface area contributed by atoms with Gasteiger partial charge in [0.25, 0.3) is 0 Å². The van der Waals surface area contributed by atoms with Gasteiger partial charge in [0.2, 0.25) is 0 Å². The van der Waals surface area contributed by atoms with E-state index in [1.54, 1.807) is 7.11 Å². The number of benzene rings is 2. The van der Waals surface area contributed by atoms with E-state index in [1.165, 1.54) is 29.5 Å². The fourth-order valence-corrected chi connectivity index (χ4v) is 4.10. The number of anilines is 1. The number of rotatable bonds is 7. The van der Waals surface area contributed by atoms with E-state index in [0.717, 1.165) is 36.4 Å². The highest BCUT2D eigenvalue weighted by Crippen LogP contribution is 2.37. The average molecular weight is 389 g/mol. The summed E-state index contributed by atoms with van der Waals surface area (Å²) in [5, 5.41) is 0. The summed E-state index contributed by atoms with van der Waals surface area (Å²) in [4.78, 5) is 4.15. The zero-order chi connectivity index (χ0) is 20.1. The summed E-state index contributed by atoms with van der Waals surface area (Å²) in [7, 11) is 1.70. The minimum Gasteiger partial charge on any atom is -0.493 e. The van der Waals surface area contributed by atoms with E-state index < -0.39 is 0 Å². The van der Waals surface area contributed by atoms with Crippen LogP contribution in [0.3, 0.4) is 0 Å². The molecule has 2 N–H and O–H groups in total. The van der Waals surface area contributed by atoms with E-state index in [1.807, 2.05) is 30.6 Å². The molecule has 2 aromatic carbocycles. The van der Waals surface area contributed by atoms with E-state index >= 15 is 0 Å². The summed E-state index contributed by atoms with van der Waals surface area (Å²) in [6.07, 6.45) is 9.57. The lowest BCUT2D eigenvalue weighted by Gasteiger charge is -2.22. The van der Waals surface area contributed by atoms with Crippen molar-refractivity contribution in [3.05, 3.63) is 83.7 Å². The molecule has 1 saturated carbocycles. The predicted molar refractivity (Wildman–Crippen MR) is 117 cm³/mol. The van der Waals surface area contributed by atoms with Crippen molar-refractivity contribution in [2.45, 2.75) is 44.1 Å². The largest absolute Gasteiger partial charge is 0.493 e.